The maximum atomic E-state index is 11.4. The highest BCUT2D eigenvalue weighted by atomic mass is 31.2. The molecule has 1 aliphatic heterocycles. The van der Waals surface area contributed by atoms with Gasteiger partial charge in [0.1, 0.15) is 12.3 Å². The summed E-state index contributed by atoms with van der Waals surface area (Å²) in [6.07, 6.45) is -0.649. The van der Waals surface area contributed by atoms with Crippen molar-refractivity contribution in [3.8, 4) is 0 Å². The number of aromatic nitrogens is 2. The van der Waals surface area contributed by atoms with Crippen LogP contribution < -0.4 is 27.8 Å². The summed E-state index contributed by atoms with van der Waals surface area (Å²) >= 11 is 0. The molecule has 0 spiro atoms. The second-order valence-corrected chi connectivity index (χ2v) is 5.92. The van der Waals surface area contributed by atoms with Crippen LogP contribution in [0.1, 0.15) is 12.6 Å². The van der Waals surface area contributed by atoms with Crippen LogP contribution >= 0.6 is 7.59 Å². The van der Waals surface area contributed by atoms with Crippen LogP contribution in [0.3, 0.4) is 0 Å². The van der Waals surface area contributed by atoms with Gasteiger partial charge in [-0.2, -0.15) is 0 Å². The molecule has 11 nitrogen and oxygen atoms in total. The zero-order chi connectivity index (χ0) is 16.2. The van der Waals surface area contributed by atoms with Crippen LogP contribution in [0.15, 0.2) is 21.9 Å². The van der Waals surface area contributed by atoms with Gasteiger partial charge in [-0.3, -0.25) is 35.4 Å². The first-order chi connectivity index (χ1) is 9.61. The van der Waals surface area contributed by atoms with Crippen molar-refractivity contribution in [3.63, 3.8) is 0 Å². The van der Waals surface area contributed by atoms with Gasteiger partial charge in [0.15, 0.2) is 0 Å². The molecule has 0 radical (unpaired) electrons. The van der Waals surface area contributed by atoms with Gasteiger partial charge in [0, 0.05) is 18.7 Å². The first kappa shape index (κ1) is 17.7. The Morgan fingerprint density at radius 1 is 1.43 bits per heavy atom. The molecule has 9 N–H and O–H groups in total. The predicted octanol–water partition coefficient (Wildman–Crippen LogP) is -2.85. The Hall–Kier alpha value is -1.33. The number of ether oxygens (including phenoxy) is 1. The van der Waals surface area contributed by atoms with E-state index in [0.29, 0.717) is 0 Å². The first-order valence-electron chi connectivity index (χ1n) is 5.83. The summed E-state index contributed by atoms with van der Waals surface area (Å²) in [5.41, 5.74) is 12.3. The molecule has 0 unspecified atom stereocenters. The Kier molecular flexibility index (Phi) is 5.98. The summed E-state index contributed by atoms with van der Waals surface area (Å²) in [5.74, 6) is 0. The lowest BCUT2D eigenvalue weighted by atomic mass is 10.2. The number of nitrogens with two attached hydrogens (primary N) is 3. The van der Waals surface area contributed by atoms with Crippen LogP contribution in [0.2, 0.25) is 0 Å². The SMILES string of the molecule is NP(N)(N)=O.O=c1ccn([C@H]2C[C@H](O)[C@@H](CO)O2)c(=O)[nH]1. The maximum absolute atomic E-state index is 11.4. The normalized spacial score (nSPS) is 25.3. The van der Waals surface area contributed by atoms with E-state index in [4.69, 9.17) is 9.84 Å². The van der Waals surface area contributed by atoms with Crippen molar-refractivity contribution in [2.24, 2.45) is 16.5 Å². The molecule has 1 aliphatic rings. The molecule has 1 saturated heterocycles. The molecule has 0 amide bonds. The number of H-pyrrole nitrogens is 1. The summed E-state index contributed by atoms with van der Waals surface area (Å²) in [7, 11) is -3.14. The molecule has 3 atom stereocenters. The summed E-state index contributed by atoms with van der Waals surface area (Å²) < 4.78 is 16.0. The third kappa shape index (κ3) is 5.89. The first-order valence-corrected chi connectivity index (χ1v) is 7.75. The quantitative estimate of drug-likeness (QED) is 0.310. The van der Waals surface area contributed by atoms with Crippen LogP contribution in [0, 0.1) is 0 Å². The number of nitrogens with one attached hydrogen (secondary N) is 1. The molecule has 21 heavy (non-hydrogen) atoms. The Labute approximate surface area is 118 Å². The summed E-state index contributed by atoms with van der Waals surface area (Å²) in [4.78, 5) is 24.3. The summed E-state index contributed by atoms with van der Waals surface area (Å²) in [5, 5.41) is 18.4. The van der Waals surface area contributed by atoms with Crippen LogP contribution in [-0.2, 0) is 9.30 Å². The molecule has 12 heteroatoms. The molecule has 0 aromatic carbocycles. The van der Waals surface area contributed by atoms with E-state index in [2.05, 4.69) is 21.5 Å². The number of aliphatic hydroxyl groups is 2. The van der Waals surface area contributed by atoms with Crippen molar-refractivity contribution < 1.29 is 19.5 Å². The van der Waals surface area contributed by atoms with Gasteiger partial charge < -0.3 is 14.9 Å². The van der Waals surface area contributed by atoms with Crippen molar-refractivity contribution in [1.82, 2.24) is 9.55 Å². The number of aliphatic hydroxyl groups excluding tert-OH is 2. The van der Waals surface area contributed by atoms with Crippen molar-refractivity contribution in [3.05, 3.63) is 33.1 Å². The van der Waals surface area contributed by atoms with E-state index in [1.54, 1.807) is 0 Å². The molecule has 2 heterocycles. The standard InChI is InChI=1S/C9H12N2O5.H6N3OP/c12-4-6-5(13)3-8(16-6)11-2-1-7(14)10-9(11)15;1-5(2,3)4/h1-2,5-6,8,12-13H,3-4H2,(H,10,14,15);(H6,1,2,3,4)/t5-,6+,8+;/m0./s1. The van der Waals surface area contributed by atoms with Gasteiger partial charge in [-0.05, 0) is 0 Å². The number of nitrogens with zero attached hydrogens (tertiary/aromatic N) is 1. The second kappa shape index (κ2) is 7.09. The van der Waals surface area contributed by atoms with Crippen LogP contribution in [-0.4, -0.2) is 38.6 Å². The third-order valence-corrected chi connectivity index (χ3v) is 2.55. The number of hydrogen-bond donors (Lipinski definition) is 6. The minimum atomic E-state index is -3.14. The Balaban J connectivity index is 0.000000383. The Morgan fingerprint density at radius 2 is 2.00 bits per heavy atom. The third-order valence-electron chi connectivity index (χ3n) is 2.55. The molecule has 1 fully saturated rings. The van der Waals surface area contributed by atoms with Crippen LogP contribution in [0.25, 0.3) is 0 Å². The van der Waals surface area contributed by atoms with E-state index in [0.717, 1.165) is 0 Å². The zero-order valence-corrected chi connectivity index (χ0v) is 11.8. The minimum Gasteiger partial charge on any atom is -0.394 e. The van der Waals surface area contributed by atoms with E-state index in [1.807, 2.05) is 0 Å². The number of hydrogen-bond acceptors (Lipinski definition) is 6. The topological polar surface area (TPSA) is 200 Å². The predicted molar refractivity (Wildman–Crippen MR) is 73.1 cm³/mol. The molecular formula is C9H18N5O6P. The molecule has 1 aromatic rings. The average molecular weight is 323 g/mol. The maximum Gasteiger partial charge on any atom is 0.330 e. The van der Waals surface area contributed by atoms with Gasteiger partial charge in [-0.25, -0.2) is 4.79 Å². The second-order valence-electron chi connectivity index (χ2n) is 4.40. The fraction of sp³-hybridized carbons (Fsp3) is 0.556. The lowest BCUT2D eigenvalue weighted by molar-refractivity contribution is -0.0459. The van der Waals surface area contributed by atoms with Gasteiger partial charge in [-0.1, -0.05) is 0 Å². The van der Waals surface area contributed by atoms with Crippen molar-refractivity contribution in [1.29, 1.82) is 0 Å². The lowest BCUT2D eigenvalue weighted by Gasteiger charge is -2.13. The van der Waals surface area contributed by atoms with Crippen molar-refractivity contribution in [2.45, 2.75) is 24.9 Å². The largest absolute Gasteiger partial charge is 0.394 e. The molecule has 0 bridgehead atoms. The summed E-state index contributed by atoms with van der Waals surface area (Å²) in [6, 6.07) is 1.20. The highest BCUT2D eigenvalue weighted by Crippen LogP contribution is 2.26. The van der Waals surface area contributed by atoms with E-state index in [-0.39, 0.29) is 13.0 Å². The van der Waals surface area contributed by atoms with Gasteiger partial charge in [-0.15, -0.1) is 0 Å². The molecule has 2 rings (SSSR count). The van der Waals surface area contributed by atoms with Gasteiger partial charge in [0.25, 0.3) is 13.2 Å². The fourth-order valence-corrected chi connectivity index (χ4v) is 1.70. The molecule has 0 saturated carbocycles. The molecule has 1 aromatic heterocycles. The Morgan fingerprint density at radius 3 is 2.43 bits per heavy atom. The number of aromatic amines is 1. The average Bonchev–Trinajstić information content (AvgIpc) is 2.68. The van der Waals surface area contributed by atoms with E-state index in [9.17, 15) is 19.3 Å². The number of rotatable bonds is 2. The van der Waals surface area contributed by atoms with Crippen molar-refractivity contribution >= 4 is 7.59 Å². The minimum absolute atomic E-state index is 0.206. The highest BCUT2D eigenvalue weighted by molar-refractivity contribution is 7.56. The molecule has 120 valence electrons. The lowest BCUT2D eigenvalue weighted by Crippen LogP contribution is -2.31. The monoisotopic (exact) mass is 323 g/mol. The highest BCUT2D eigenvalue weighted by Gasteiger charge is 2.34. The van der Waals surface area contributed by atoms with Crippen LogP contribution in [0.4, 0.5) is 0 Å². The van der Waals surface area contributed by atoms with E-state index < -0.39 is 37.3 Å². The zero-order valence-electron chi connectivity index (χ0n) is 11.0. The van der Waals surface area contributed by atoms with E-state index in [1.165, 1.54) is 16.8 Å². The van der Waals surface area contributed by atoms with Crippen LogP contribution in [0.5, 0.6) is 0 Å². The van der Waals surface area contributed by atoms with Gasteiger partial charge in [0.05, 0.1) is 12.7 Å². The van der Waals surface area contributed by atoms with E-state index >= 15 is 0 Å². The van der Waals surface area contributed by atoms with Crippen molar-refractivity contribution in [2.75, 3.05) is 6.61 Å². The smallest absolute Gasteiger partial charge is 0.330 e. The fourth-order valence-electron chi connectivity index (χ4n) is 1.70. The Bertz CT molecular complexity index is 615. The van der Waals surface area contributed by atoms with Gasteiger partial charge in [0.2, 0.25) is 0 Å². The summed E-state index contributed by atoms with van der Waals surface area (Å²) in [6.45, 7) is -0.310. The van der Waals surface area contributed by atoms with Gasteiger partial charge >= 0.3 is 5.69 Å². The molecular weight excluding hydrogens is 305 g/mol. The molecule has 0 aliphatic carbocycles.